The SMILES string of the molecule is c1cc(-c2nc3ncccc3o2)cc(N2c3ccccc3Oc3ccccc32)c1. The molecule has 0 radical (unpaired) electrons. The first-order chi connectivity index (χ1) is 14.4. The van der Waals surface area contributed by atoms with Crippen molar-refractivity contribution in [1.82, 2.24) is 9.97 Å². The molecular formula is C24H15N3O2. The van der Waals surface area contributed by atoms with Crippen molar-refractivity contribution in [3.63, 3.8) is 0 Å². The number of benzene rings is 3. The molecule has 3 aromatic carbocycles. The predicted molar refractivity (Wildman–Crippen MR) is 112 cm³/mol. The molecule has 0 aliphatic carbocycles. The molecule has 0 unspecified atom stereocenters. The molecule has 0 saturated heterocycles. The molecule has 0 spiro atoms. The molecule has 5 aromatic rings. The highest BCUT2D eigenvalue weighted by Crippen LogP contribution is 2.50. The van der Waals surface area contributed by atoms with Gasteiger partial charge >= 0.3 is 0 Å². The Morgan fingerprint density at radius 1 is 0.724 bits per heavy atom. The maximum absolute atomic E-state index is 6.10. The van der Waals surface area contributed by atoms with Crippen LogP contribution in [0.5, 0.6) is 11.5 Å². The maximum Gasteiger partial charge on any atom is 0.228 e. The molecule has 2 aromatic heterocycles. The van der Waals surface area contributed by atoms with Crippen LogP contribution in [-0.4, -0.2) is 9.97 Å². The minimum atomic E-state index is 0.551. The third-order valence-corrected chi connectivity index (χ3v) is 4.95. The Hall–Kier alpha value is -4.12. The summed E-state index contributed by atoms with van der Waals surface area (Å²) in [6, 6.07) is 27.9. The standard InChI is InChI=1S/C24H15N3O2/c1-3-11-20-18(9-1)27(19-10-2-4-12-21(19)28-20)17-8-5-7-16(15-17)24-26-23-22(29-24)13-6-14-25-23/h1-15H. The van der Waals surface area contributed by atoms with Crippen LogP contribution in [0.3, 0.4) is 0 Å². The van der Waals surface area contributed by atoms with Gasteiger partial charge in [-0.15, -0.1) is 0 Å². The van der Waals surface area contributed by atoms with E-state index >= 15 is 0 Å². The Morgan fingerprint density at radius 2 is 1.48 bits per heavy atom. The molecule has 0 amide bonds. The lowest BCUT2D eigenvalue weighted by molar-refractivity contribution is 0.477. The van der Waals surface area contributed by atoms with Crippen molar-refractivity contribution in [1.29, 1.82) is 0 Å². The van der Waals surface area contributed by atoms with Crippen molar-refractivity contribution in [3.8, 4) is 23.0 Å². The first-order valence-electron chi connectivity index (χ1n) is 9.35. The minimum absolute atomic E-state index is 0.551. The molecule has 1 aliphatic heterocycles. The minimum Gasteiger partial charge on any atom is -0.453 e. The largest absolute Gasteiger partial charge is 0.453 e. The molecule has 29 heavy (non-hydrogen) atoms. The van der Waals surface area contributed by atoms with E-state index in [0.717, 1.165) is 34.1 Å². The van der Waals surface area contributed by atoms with Gasteiger partial charge in [0.1, 0.15) is 0 Å². The Labute approximate surface area is 166 Å². The maximum atomic E-state index is 6.10. The number of para-hydroxylation sites is 4. The fourth-order valence-corrected chi connectivity index (χ4v) is 3.65. The highest BCUT2D eigenvalue weighted by Gasteiger charge is 2.25. The van der Waals surface area contributed by atoms with Crippen molar-refractivity contribution in [2.75, 3.05) is 4.90 Å². The van der Waals surface area contributed by atoms with Gasteiger partial charge < -0.3 is 14.1 Å². The highest BCUT2D eigenvalue weighted by molar-refractivity contribution is 5.87. The molecule has 0 saturated carbocycles. The third kappa shape index (κ3) is 2.56. The van der Waals surface area contributed by atoms with Crippen LogP contribution in [0.2, 0.25) is 0 Å². The van der Waals surface area contributed by atoms with Gasteiger partial charge in [0, 0.05) is 17.4 Å². The van der Waals surface area contributed by atoms with Gasteiger partial charge in [-0.05, 0) is 54.6 Å². The highest BCUT2D eigenvalue weighted by atomic mass is 16.5. The fraction of sp³-hybridized carbons (Fsp3) is 0. The topological polar surface area (TPSA) is 51.4 Å². The first-order valence-corrected chi connectivity index (χ1v) is 9.35. The summed E-state index contributed by atoms with van der Waals surface area (Å²) in [5.74, 6) is 2.20. The average Bonchev–Trinajstić information content (AvgIpc) is 3.22. The number of pyridine rings is 1. The predicted octanol–water partition coefficient (Wildman–Crippen LogP) is 6.47. The van der Waals surface area contributed by atoms with Crippen LogP contribution in [0.25, 0.3) is 22.7 Å². The van der Waals surface area contributed by atoms with Gasteiger partial charge in [-0.3, -0.25) is 0 Å². The Bertz CT molecular complexity index is 1280. The third-order valence-electron chi connectivity index (χ3n) is 4.95. The average molecular weight is 377 g/mol. The molecule has 0 bridgehead atoms. The molecule has 5 heteroatoms. The van der Waals surface area contributed by atoms with E-state index in [9.17, 15) is 0 Å². The Kier molecular flexibility index (Phi) is 3.40. The van der Waals surface area contributed by atoms with Gasteiger partial charge in [0.15, 0.2) is 22.7 Å². The summed E-state index contributed by atoms with van der Waals surface area (Å²) >= 11 is 0. The van der Waals surface area contributed by atoms with E-state index in [2.05, 4.69) is 39.1 Å². The van der Waals surface area contributed by atoms with Crippen LogP contribution in [0.1, 0.15) is 0 Å². The van der Waals surface area contributed by atoms with Crippen LogP contribution in [0, 0.1) is 0 Å². The lowest BCUT2D eigenvalue weighted by Gasteiger charge is -2.32. The number of fused-ring (bicyclic) bond motifs is 3. The van der Waals surface area contributed by atoms with Gasteiger partial charge in [0.05, 0.1) is 11.4 Å². The number of rotatable bonds is 2. The van der Waals surface area contributed by atoms with Gasteiger partial charge in [0.25, 0.3) is 0 Å². The van der Waals surface area contributed by atoms with Crippen molar-refractivity contribution >= 4 is 28.3 Å². The summed E-state index contributed by atoms with van der Waals surface area (Å²) in [5.41, 5.74) is 5.15. The Balaban J connectivity index is 1.52. The quantitative estimate of drug-likeness (QED) is 0.346. The Morgan fingerprint density at radius 3 is 2.24 bits per heavy atom. The van der Waals surface area contributed by atoms with Crippen LogP contribution in [0.15, 0.2) is 95.5 Å². The second-order valence-electron chi connectivity index (χ2n) is 6.77. The fourth-order valence-electron chi connectivity index (χ4n) is 3.65. The first kappa shape index (κ1) is 15.9. The number of hydrogen-bond acceptors (Lipinski definition) is 5. The number of nitrogens with zero attached hydrogens (tertiary/aromatic N) is 3. The summed E-state index contributed by atoms with van der Waals surface area (Å²) in [6.45, 7) is 0. The molecule has 6 rings (SSSR count). The zero-order valence-corrected chi connectivity index (χ0v) is 15.3. The van der Waals surface area contributed by atoms with E-state index in [4.69, 9.17) is 9.15 Å². The van der Waals surface area contributed by atoms with Crippen LogP contribution in [0.4, 0.5) is 17.1 Å². The van der Waals surface area contributed by atoms with Gasteiger partial charge in [-0.2, -0.15) is 4.98 Å². The van der Waals surface area contributed by atoms with E-state index in [1.165, 1.54) is 0 Å². The van der Waals surface area contributed by atoms with Gasteiger partial charge in [0.2, 0.25) is 5.89 Å². The van der Waals surface area contributed by atoms with E-state index < -0.39 is 0 Å². The monoisotopic (exact) mass is 377 g/mol. The summed E-state index contributed by atoms with van der Waals surface area (Å²) in [7, 11) is 0. The van der Waals surface area contributed by atoms with Crippen molar-refractivity contribution in [2.45, 2.75) is 0 Å². The summed E-state index contributed by atoms with van der Waals surface area (Å²) in [4.78, 5) is 11.0. The van der Waals surface area contributed by atoms with Gasteiger partial charge in [-0.1, -0.05) is 30.3 Å². The molecule has 0 fully saturated rings. The normalized spacial score (nSPS) is 12.3. The van der Waals surface area contributed by atoms with E-state index in [1.54, 1.807) is 6.20 Å². The summed E-state index contributed by atoms with van der Waals surface area (Å²) in [6.07, 6.45) is 1.71. The van der Waals surface area contributed by atoms with E-state index in [1.807, 2.05) is 60.7 Å². The zero-order chi connectivity index (χ0) is 19.2. The number of aromatic nitrogens is 2. The number of hydrogen-bond donors (Lipinski definition) is 0. The van der Waals surface area contributed by atoms with Crippen molar-refractivity contribution < 1.29 is 9.15 Å². The number of ether oxygens (including phenoxy) is 1. The summed E-state index contributed by atoms with van der Waals surface area (Å²) in [5, 5.41) is 0. The zero-order valence-electron chi connectivity index (χ0n) is 15.3. The second-order valence-corrected chi connectivity index (χ2v) is 6.77. The van der Waals surface area contributed by atoms with E-state index in [0.29, 0.717) is 17.1 Å². The molecular weight excluding hydrogens is 362 g/mol. The smallest absolute Gasteiger partial charge is 0.228 e. The van der Waals surface area contributed by atoms with Gasteiger partial charge in [-0.25, -0.2) is 4.98 Å². The molecule has 5 nitrogen and oxygen atoms in total. The second kappa shape index (κ2) is 6.21. The van der Waals surface area contributed by atoms with Crippen molar-refractivity contribution in [2.24, 2.45) is 0 Å². The molecule has 0 atom stereocenters. The molecule has 0 N–H and O–H groups in total. The molecule has 138 valence electrons. The van der Waals surface area contributed by atoms with Crippen molar-refractivity contribution in [3.05, 3.63) is 91.1 Å². The number of oxazole rings is 1. The molecule has 3 heterocycles. The number of anilines is 3. The summed E-state index contributed by atoms with van der Waals surface area (Å²) < 4.78 is 12.0. The van der Waals surface area contributed by atoms with Crippen LogP contribution < -0.4 is 9.64 Å². The van der Waals surface area contributed by atoms with E-state index in [-0.39, 0.29) is 0 Å². The van der Waals surface area contributed by atoms with Crippen LogP contribution >= 0.6 is 0 Å². The van der Waals surface area contributed by atoms with Crippen LogP contribution in [-0.2, 0) is 0 Å². The lowest BCUT2D eigenvalue weighted by atomic mass is 10.1. The lowest BCUT2D eigenvalue weighted by Crippen LogP contribution is -2.15. The molecule has 1 aliphatic rings.